The summed E-state index contributed by atoms with van der Waals surface area (Å²) in [5, 5.41) is 5.60. The third kappa shape index (κ3) is 9.88. The van der Waals surface area contributed by atoms with Crippen LogP contribution in [0.2, 0.25) is 0 Å². The van der Waals surface area contributed by atoms with Gasteiger partial charge in [0.1, 0.15) is 34.3 Å². The fraction of sp³-hybridized carbons (Fsp3) is 0.586. The SMILES string of the molecule is CC(C)C1(C(C)C)C(=O)Cc2ccccc21.CC(C)C1(C(C)C)CCNc2ccccc2O1.CC(C)C1(C(C)C)CCc2sccc2O1.CONC1=Nc2ccccc2C1(C(C)C)C(C)C. The zero-order chi connectivity index (χ0) is 48.8. The number of nitrogens with one attached hydrogen (secondary N) is 2. The molecule has 8 rings (SSSR count). The number of para-hydroxylation sites is 3. The third-order valence-electron chi connectivity index (χ3n) is 15.8. The molecule has 0 saturated carbocycles. The molecule has 0 bridgehead atoms. The fourth-order valence-electron chi connectivity index (χ4n) is 12.3. The number of fused-ring (bicyclic) bond motifs is 4. The summed E-state index contributed by atoms with van der Waals surface area (Å²) in [5.74, 6) is 7.25. The Morgan fingerprint density at radius 2 is 1.12 bits per heavy atom. The van der Waals surface area contributed by atoms with Crippen molar-refractivity contribution in [2.45, 2.75) is 158 Å². The van der Waals surface area contributed by atoms with Crippen LogP contribution in [0, 0.1) is 47.3 Å². The zero-order valence-electron chi connectivity index (χ0n) is 43.7. The van der Waals surface area contributed by atoms with E-state index < -0.39 is 0 Å². The second-order valence-corrected chi connectivity index (χ2v) is 22.5. The number of Topliss-reactive ketones (excluding diaryl/α,β-unsaturated/α-hetero) is 1. The van der Waals surface area contributed by atoms with Gasteiger partial charge in [-0.05, 0) is 107 Å². The smallest absolute Gasteiger partial charge is 0.148 e. The van der Waals surface area contributed by atoms with Crippen LogP contribution in [0.3, 0.4) is 0 Å². The minimum Gasteiger partial charge on any atom is -0.486 e. The molecular weight excluding hydrogens is 835 g/mol. The number of benzene rings is 3. The van der Waals surface area contributed by atoms with Gasteiger partial charge in [0.15, 0.2) is 0 Å². The van der Waals surface area contributed by atoms with Gasteiger partial charge in [-0.25, -0.2) is 4.99 Å². The first-order valence-electron chi connectivity index (χ1n) is 25.0. The Kier molecular flexibility index (Phi) is 17.5. The van der Waals surface area contributed by atoms with E-state index in [2.05, 4.69) is 182 Å². The van der Waals surface area contributed by atoms with E-state index in [4.69, 9.17) is 19.3 Å². The number of hydrogen-bond acceptors (Lipinski definition) is 8. The molecule has 362 valence electrons. The number of hydroxylamine groups is 1. The first kappa shape index (κ1) is 52.8. The van der Waals surface area contributed by atoms with Crippen molar-refractivity contribution < 1.29 is 19.1 Å². The number of anilines is 1. The number of hydrogen-bond donors (Lipinski definition) is 2. The van der Waals surface area contributed by atoms with Crippen LogP contribution in [0.5, 0.6) is 11.5 Å². The average Bonchev–Trinajstić information content (AvgIpc) is 3.91. The van der Waals surface area contributed by atoms with E-state index in [9.17, 15) is 4.79 Å². The normalized spacial score (nSPS) is 18.1. The van der Waals surface area contributed by atoms with Gasteiger partial charge in [0.05, 0.1) is 29.3 Å². The molecule has 0 atom stereocenters. The summed E-state index contributed by atoms with van der Waals surface area (Å²) in [7, 11) is 1.64. The molecule has 2 N–H and O–H groups in total. The van der Waals surface area contributed by atoms with Crippen LogP contribution in [-0.2, 0) is 33.3 Å². The van der Waals surface area contributed by atoms with Gasteiger partial charge in [0, 0.05) is 24.3 Å². The number of aliphatic imine (C=N–C) groups is 1. The topological polar surface area (TPSA) is 81.2 Å². The second kappa shape index (κ2) is 21.9. The van der Waals surface area contributed by atoms with Crippen molar-refractivity contribution in [3.63, 3.8) is 0 Å². The standard InChI is InChI=1S/C15H22N2O.C15H23NO.C15H20O.C13H20OS/c1-10(2)15(11(3)4)12-8-6-7-9-13(12)16-14(15)17-18-5;1-11(2)15(12(3)4)9-10-16-13-7-5-6-8-14(13)17-15;1-10(2)15(11(3)4)13-8-6-5-7-12(13)9-14(15)16;1-9(2)13(10(3)4)7-5-12-11(14-13)6-8-15-12/h6-11H,1-5H3,(H,16,17);5-8,11-12,16H,9-10H2,1-4H3;5-8,10-11H,9H2,1-4H3;6,8-10H,5,7H2,1-4H3. The van der Waals surface area contributed by atoms with E-state index in [0.29, 0.717) is 59.5 Å². The molecule has 3 aromatic carbocycles. The Bertz CT molecular complexity index is 2200. The van der Waals surface area contributed by atoms with E-state index in [1.54, 1.807) is 7.11 Å². The highest BCUT2D eigenvalue weighted by Gasteiger charge is 2.51. The lowest BCUT2D eigenvalue weighted by Crippen LogP contribution is -2.49. The summed E-state index contributed by atoms with van der Waals surface area (Å²) in [4.78, 5) is 23.7. The molecule has 1 aliphatic carbocycles. The van der Waals surface area contributed by atoms with Gasteiger partial charge in [-0.2, -0.15) is 0 Å². The van der Waals surface area contributed by atoms with E-state index in [-0.39, 0.29) is 22.0 Å². The van der Waals surface area contributed by atoms with Crippen molar-refractivity contribution in [3.8, 4) is 11.5 Å². The van der Waals surface area contributed by atoms with Crippen LogP contribution in [-0.4, -0.2) is 36.5 Å². The van der Waals surface area contributed by atoms with Crippen LogP contribution in [0.1, 0.15) is 145 Å². The third-order valence-corrected chi connectivity index (χ3v) is 16.7. The summed E-state index contributed by atoms with van der Waals surface area (Å²) < 4.78 is 12.7. The van der Waals surface area contributed by atoms with Crippen molar-refractivity contribution in [2.24, 2.45) is 52.3 Å². The van der Waals surface area contributed by atoms with Crippen LogP contribution in [0.15, 0.2) is 89.2 Å². The molecular formula is C58H85N3O4S. The van der Waals surface area contributed by atoms with Gasteiger partial charge in [0.25, 0.3) is 0 Å². The number of rotatable bonds is 9. The van der Waals surface area contributed by atoms with Gasteiger partial charge in [-0.1, -0.05) is 165 Å². The predicted molar refractivity (Wildman–Crippen MR) is 280 cm³/mol. The van der Waals surface area contributed by atoms with Crippen molar-refractivity contribution in [3.05, 3.63) is 106 Å². The Labute approximate surface area is 404 Å². The number of thiophene rings is 1. The maximum Gasteiger partial charge on any atom is 0.148 e. The minimum atomic E-state index is -0.253. The van der Waals surface area contributed by atoms with Gasteiger partial charge >= 0.3 is 0 Å². The molecule has 1 aromatic heterocycles. The molecule has 0 amide bonds. The summed E-state index contributed by atoms with van der Waals surface area (Å²) in [5.41, 5.74) is 8.62. The zero-order valence-corrected chi connectivity index (χ0v) is 44.5. The average molecular weight is 920 g/mol. The molecule has 3 aliphatic heterocycles. The van der Waals surface area contributed by atoms with Gasteiger partial charge in [-0.3, -0.25) is 15.1 Å². The van der Waals surface area contributed by atoms with Gasteiger partial charge in [0.2, 0.25) is 0 Å². The molecule has 0 saturated heterocycles. The second-order valence-electron chi connectivity index (χ2n) is 21.5. The highest BCUT2D eigenvalue weighted by Crippen LogP contribution is 2.50. The highest BCUT2D eigenvalue weighted by atomic mass is 32.1. The van der Waals surface area contributed by atoms with Crippen molar-refractivity contribution in [1.82, 2.24) is 5.48 Å². The van der Waals surface area contributed by atoms with Crippen LogP contribution in [0.25, 0.3) is 0 Å². The summed E-state index contributed by atoms with van der Waals surface area (Å²) >= 11 is 1.82. The maximum absolute atomic E-state index is 12.4. The monoisotopic (exact) mass is 920 g/mol. The Morgan fingerprint density at radius 3 is 1.70 bits per heavy atom. The molecule has 0 unspecified atom stereocenters. The van der Waals surface area contributed by atoms with E-state index in [1.807, 2.05) is 35.6 Å². The lowest BCUT2D eigenvalue weighted by atomic mass is 9.64. The molecule has 4 aliphatic rings. The van der Waals surface area contributed by atoms with E-state index >= 15 is 0 Å². The largest absolute Gasteiger partial charge is 0.486 e. The number of aryl methyl sites for hydroxylation is 1. The number of carbonyl (C=O) groups excluding carboxylic acids is 1. The predicted octanol–water partition coefficient (Wildman–Crippen LogP) is 14.8. The number of amidine groups is 1. The maximum atomic E-state index is 12.4. The Balaban J connectivity index is 0.000000165. The highest BCUT2D eigenvalue weighted by molar-refractivity contribution is 7.10. The molecule has 4 aromatic rings. The molecule has 7 nitrogen and oxygen atoms in total. The minimum absolute atomic E-state index is 0.0497. The number of ether oxygens (including phenoxy) is 2. The molecule has 0 radical (unpaired) electrons. The van der Waals surface area contributed by atoms with Crippen LogP contribution >= 0.6 is 11.3 Å². The van der Waals surface area contributed by atoms with E-state index in [0.717, 1.165) is 48.1 Å². The van der Waals surface area contributed by atoms with Gasteiger partial charge in [-0.15, -0.1) is 11.3 Å². The van der Waals surface area contributed by atoms with E-state index in [1.165, 1.54) is 28.0 Å². The first-order chi connectivity index (χ1) is 31.2. The molecule has 0 spiro atoms. The number of nitrogens with zero attached hydrogens (tertiary/aromatic N) is 1. The lowest BCUT2D eigenvalue weighted by molar-refractivity contribution is -0.126. The summed E-state index contributed by atoms with van der Waals surface area (Å²) in [6.07, 6.45) is 4.02. The number of carbonyl (C=O) groups is 1. The van der Waals surface area contributed by atoms with Crippen LogP contribution < -0.4 is 20.3 Å². The quantitative estimate of drug-likeness (QED) is 0.163. The number of ketones is 1. The fourth-order valence-corrected chi connectivity index (χ4v) is 13.1. The molecule has 0 fully saturated rings. The summed E-state index contributed by atoms with van der Waals surface area (Å²) in [6.45, 7) is 36.8. The Morgan fingerprint density at radius 1 is 0.606 bits per heavy atom. The van der Waals surface area contributed by atoms with Crippen molar-refractivity contribution in [1.29, 1.82) is 0 Å². The van der Waals surface area contributed by atoms with Crippen molar-refractivity contribution >= 4 is 34.3 Å². The molecule has 4 heterocycles. The van der Waals surface area contributed by atoms with Gasteiger partial charge < -0.3 is 14.8 Å². The molecule has 8 heteroatoms. The van der Waals surface area contributed by atoms with Crippen molar-refractivity contribution in [2.75, 3.05) is 19.0 Å². The van der Waals surface area contributed by atoms with Crippen LogP contribution in [0.4, 0.5) is 11.4 Å². The summed E-state index contributed by atoms with van der Waals surface area (Å²) in [6, 6.07) is 27.1. The molecule has 66 heavy (non-hydrogen) atoms. The first-order valence-corrected chi connectivity index (χ1v) is 25.9. The Hall–Kier alpha value is -4.14. The lowest BCUT2D eigenvalue weighted by Gasteiger charge is -2.44.